The highest BCUT2D eigenvalue weighted by atomic mass is 32.1. The summed E-state index contributed by atoms with van der Waals surface area (Å²) in [6, 6.07) is 0. The van der Waals surface area contributed by atoms with Crippen LogP contribution in [0.15, 0.2) is 5.38 Å². The molecule has 0 radical (unpaired) electrons. The number of carbonyl (C=O) groups excluding carboxylic acids is 1. The van der Waals surface area contributed by atoms with Crippen LogP contribution in [-0.4, -0.2) is 40.5 Å². The smallest absolute Gasteiger partial charge is 0.355 e. The predicted octanol–water partition coefficient (Wildman–Crippen LogP) is 0.933. The number of aromatic nitrogens is 1. The minimum absolute atomic E-state index is 0.0807. The molecule has 1 aromatic heterocycles. The molecule has 1 amide bonds. The van der Waals surface area contributed by atoms with Gasteiger partial charge >= 0.3 is 5.97 Å². The Balaban J connectivity index is 2.87. The summed E-state index contributed by atoms with van der Waals surface area (Å²) in [5.41, 5.74) is -0.0807. The standard InChI is InChI=1S/C8H10N2O3S/c1-3-10(2)7(11)6-9-5(4-14-6)8(12)13/h4H,3H2,1-2H3,(H,12,13). The minimum Gasteiger partial charge on any atom is -0.476 e. The largest absolute Gasteiger partial charge is 0.476 e. The molecule has 0 aliphatic carbocycles. The Morgan fingerprint density at radius 3 is 2.71 bits per heavy atom. The molecular weight excluding hydrogens is 204 g/mol. The first kappa shape index (κ1) is 10.6. The van der Waals surface area contributed by atoms with Crippen molar-refractivity contribution in [1.29, 1.82) is 0 Å². The van der Waals surface area contributed by atoms with Gasteiger partial charge in [-0.15, -0.1) is 11.3 Å². The van der Waals surface area contributed by atoms with Crippen molar-refractivity contribution in [1.82, 2.24) is 9.88 Å². The van der Waals surface area contributed by atoms with E-state index in [1.165, 1.54) is 10.3 Å². The first-order valence-electron chi connectivity index (χ1n) is 4.00. The van der Waals surface area contributed by atoms with E-state index in [0.717, 1.165) is 11.3 Å². The Bertz CT molecular complexity index is 361. The normalized spacial score (nSPS) is 9.86. The molecule has 14 heavy (non-hydrogen) atoms. The molecule has 76 valence electrons. The van der Waals surface area contributed by atoms with Gasteiger partial charge in [0.2, 0.25) is 0 Å². The molecule has 0 aromatic carbocycles. The van der Waals surface area contributed by atoms with Crippen LogP contribution < -0.4 is 0 Å². The fourth-order valence-electron chi connectivity index (χ4n) is 0.777. The first-order chi connectivity index (χ1) is 6.56. The number of hydrogen-bond acceptors (Lipinski definition) is 4. The van der Waals surface area contributed by atoms with Crippen molar-refractivity contribution in [2.45, 2.75) is 6.92 Å². The van der Waals surface area contributed by atoms with E-state index in [-0.39, 0.29) is 16.6 Å². The molecule has 0 aliphatic rings. The van der Waals surface area contributed by atoms with E-state index in [4.69, 9.17) is 5.11 Å². The maximum Gasteiger partial charge on any atom is 0.355 e. The zero-order chi connectivity index (χ0) is 10.7. The second-order valence-electron chi connectivity index (χ2n) is 2.66. The average molecular weight is 214 g/mol. The summed E-state index contributed by atoms with van der Waals surface area (Å²) in [7, 11) is 1.64. The van der Waals surface area contributed by atoms with Gasteiger partial charge in [-0.05, 0) is 6.92 Å². The molecule has 5 nitrogen and oxygen atoms in total. The summed E-state index contributed by atoms with van der Waals surface area (Å²) in [5.74, 6) is -1.36. The molecule has 1 N–H and O–H groups in total. The van der Waals surface area contributed by atoms with Crippen LogP contribution in [0.4, 0.5) is 0 Å². The van der Waals surface area contributed by atoms with Crippen LogP contribution in [0.5, 0.6) is 0 Å². The number of rotatable bonds is 3. The molecular formula is C8H10N2O3S. The molecule has 0 atom stereocenters. The van der Waals surface area contributed by atoms with Crippen LogP contribution in [-0.2, 0) is 0 Å². The topological polar surface area (TPSA) is 70.5 Å². The van der Waals surface area contributed by atoms with E-state index >= 15 is 0 Å². The summed E-state index contributed by atoms with van der Waals surface area (Å²) in [6.07, 6.45) is 0. The molecule has 0 aliphatic heterocycles. The van der Waals surface area contributed by atoms with Crippen molar-refractivity contribution >= 4 is 23.2 Å². The number of nitrogens with zero attached hydrogens (tertiary/aromatic N) is 2. The Kier molecular flexibility index (Phi) is 3.19. The predicted molar refractivity (Wildman–Crippen MR) is 51.7 cm³/mol. The van der Waals surface area contributed by atoms with Crippen molar-refractivity contribution in [3.05, 3.63) is 16.1 Å². The number of carboxylic acid groups (broad SMARTS) is 1. The fraction of sp³-hybridized carbons (Fsp3) is 0.375. The average Bonchev–Trinajstić information content (AvgIpc) is 2.64. The molecule has 0 saturated heterocycles. The Morgan fingerprint density at radius 1 is 1.64 bits per heavy atom. The summed E-state index contributed by atoms with van der Waals surface area (Å²) in [6.45, 7) is 2.41. The van der Waals surface area contributed by atoms with Gasteiger partial charge in [0.05, 0.1) is 0 Å². The second kappa shape index (κ2) is 4.19. The Morgan fingerprint density at radius 2 is 2.29 bits per heavy atom. The number of carbonyl (C=O) groups is 2. The van der Waals surface area contributed by atoms with Crippen LogP contribution in [0.25, 0.3) is 0 Å². The van der Waals surface area contributed by atoms with Gasteiger partial charge in [0.25, 0.3) is 5.91 Å². The van der Waals surface area contributed by atoms with E-state index < -0.39 is 5.97 Å². The Hall–Kier alpha value is -1.43. The number of amides is 1. The molecule has 0 bridgehead atoms. The summed E-state index contributed by atoms with van der Waals surface area (Å²) in [4.78, 5) is 27.2. The molecule has 1 aromatic rings. The quantitative estimate of drug-likeness (QED) is 0.812. The zero-order valence-electron chi connectivity index (χ0n) is 7.85. The SMILES string of the molecule is CCN(C)C(=O)c1nc(C(=O)O)cs1. The molecule has 0 unspecified atom stereocenters. The zero-order valence-corrected chi connectivity index (χ0v) is 8.67. The van der Waals surface area contributed by atoms with Crippen LogP contribution in [0.3, 0.4) is 0 Å². The molecule has 0 saturated carbocycles. The summed E-state index contributed by atoms with van der Waals surface area (Å²) < 4.78 is 0. The molecule has 1 heterocycles. The van der Waals surface area contributed by atoms with Gasteiger partial charge in [-0.1, -0.05) is 0 Å². The lowest BCUT2D eigenvalue weighted by atomic mass is 10.5. The maximum absolute atomic E-state index is 11.5. The number of carboxylic acids is 1. The van der Waals surface area contributed by atoms with Gasteiger partial charge in [-0.25, -0.2) is 9.78 Å². The van der Waals surface area contributed by atoms with Gasteiger partial charge in [0.1, 0.15) is 0 Å². The highest BCUT2D eigenvalue weighted by molar-refractivity contribution is 7.11. The third-order valence-corrected chi connectivity index (χ3v) is 2.56. The summed E-state index contributed by atoms with van der Waals surface area (Å²) in [5, 5.41) is 10.2. The van der Waals surface area contributed by atoms with Crippen molar-refractivity contribution in [2.24, 2.45) is 0 Å². The number of aromatic carboxylic acids is 1. The third kappa shape index (κ3) is 2.08. The van der Waals surface area contributed by atoms with Crippen molar-refractivity contribution < 1.29 is 14.7 Å². The minimum atomic E-state index is -1.11. The van der Waals surface area contributed by atoms with Crippen LogP contribution >= 0.6 is 11.3 Å². The lowest BCUT2D eigenvalue weighted by Crippen LogP contribution is -2.26. The van der Waals surface area contributed by atoms with E-state index in [0.29, 0.717) is 6.54 Å². The lowest BCUT2D eigenvalue weighted by molar-refractivity contribution is 0.0691. The van der Waals surface area contributed by atoms with Gasteiger partial charge in [0, 0.05) is 19.0 Å². The van der Waals surface area contributed by atoms with E-state index in [1.807, 2.05) is 6.92 Å². The Labute approximate surface area is 85.0 Å². The molecule has 1 rings (SSSR count). The molecule has 0 spiro atoms. The third-order valence-electron chi connectivity index (χ3n) is 1.73. The summed E-state index contributed by atoms with van der Waals surface area (Å²) >= 11 is 1.05. The van der Waals surface area contributed by atoms with Gasteiger partial charge in [-0.3, -0.25) is 4.79 Å². The number of thiazole rings is 1. The van der Waals surface area contributed by atoms with Gasteiger partial charge < -0.3 is 10.0 Å². The monoisotopic (exact) mass is 214 g/mol. The van der Waals surface area contributed by atoms with Crippen LogP contribution in [0.1, 0.15) is 27.2 Å². The maximum atomic E-state index is 11.5. The van der Waals surface area contributed by atoms with Gasteiger partial charge in [0.15, 0.2) is 10.7 Å². The van der Waals surface area contributed by atoms with Crippen molar-refractivity contribution in [2.75, 3.05) is 13.6 Å². The van der Waals surface area contributed by atoms with Crippen molar-refractivity contribution in [3.63, 3.8) is 0 Å². The first-order valence-corrected chi connectivity index (χ1v) is 4.88. The number of hydrogen-bond donors (Lipinski definition) is 1. The lowest BCUT2D eigenvalue weighted by Gasteiger charge is -2.11. The van der Waals surface area contributed by atoms with Gasteiger partial charge in [-0.2, -0.15) is 0 Å². The molecule has 6 heteroatoms. The van der Waals surface area contributed by atoms with E-state index in [9.17, 15) is 9.59 Å². The van der Waals surface area contributed by atoms with E-state index in [2.05, 4.69) is 4.98 Å². The van der Waals surface area contributed by atoms with Crippen molar-refractivity contribution in [3.8, 4) is 0 Å². The second-order valence-corrected chi connectivity index (χ2v) is 3.52. The highest BCUT2D eigenvalue weighted by Gasteiger charge is 2.16. The van der Waals surface area contributed by atoms with E-state index in [1.54, 1.807) is 7.05 Å². The molecule has 0 fully saturated rings. The van der Waals surface area contributed by atoms with Crippen LogP contribution in [0, 0.1) is 0 Å². The van der Waals surface area contributed by atoms with Crippen LogP contribution in [0.2, 0.25) is 0 Å². The highest BCUT2D eigenvalue weighted by Crippen LogP contribution is 2.11. The fourth-order valence-corrected chi connectivity index (χ4v) is 1.56.